The van der Waals surface area contributed by atoms with Crippen molar-refractivity contribution in [3.8, 4) is 11.8 Å². The first kappa shape index (κ1) is 34.6. The zero-order valence-corrected chi connectivity index (χ0v) is 29.9. The van der Waals surface area contributed by atoms with Crippen molar-refractivity contribution in [2.75, 3.05) is 0 Å². The summed E-state index contributed by atoms with van der Waals surface area (Å²) in [6.07, 6.45) is 0.284. The molecule has 2 saturated heterocycles. The van der Waals surface area contributed by atoms with Crippen molar-refractivity contribution < 1.29 is 23.4 Å². The molecule has 0 radical (unpaired) electrons. The van der Waals surface area contributed by atoms with E-state index in [1.165, 1.54) is 12.1 Å². The van der Waals surface area contributed by atoms with Gasteiger partial charge < -0.3 is 24.0 Å². The molecule has 2 heterocycles. The fraction of sp³-hybridized carbons (Fsp3) is 0.289. The number of nitriles is 1. The number of carbonyl (C=O) groups is 1. The van der Waals surface area contributed by atoms with Gasteiger partial charge in [0.25, 0.3) is 0 Å². The predicted molar refractivity (Wildman–Crippen MR) is 199 cm³/mol. The molecule has 0 bridgehead atoms. The van der Waals surface area contributed by atoms with Crippen LogP contribution in [-0.2, 0) is 35.6 Å². The number of halogens is 1. The van der Waals surface area contributed by atoms with Gasteiger partial charge in [-0.1, -0.05) is 109 Å². The molecular formula is C45H42FN3O4. The molecule has 8 heteroatoms. The largest absolute Gasteiger partial charge is 0.489 e. The molecule has 2 aliphatic heterocycles. The second-order valence-corrected chi connectivity index (χ2v) is 14.8. The van der Waals surface area contributed by atoms with Crippen molar-refractivity contribution >= 4 is 6.03 Å². The lowest BCUT2D eigenvalue weighted by atomic mass is 9.90. The molecule has 2 amide bonds. The first-order valence-corrected chi connectivity index (χ1v) is 18.2. The second-order valence-electron chi connectivity index (χ2n) is 14.8. The number of urea groups is 1. The average Bonchev–Trinajstić information content (AvgIpc) is 3.85. The molecule has 268 valence electrons. The van der Waals surface area contributed by atoms with E-state index in [0.29, 0.717) is 37.3 Å². The van der Waals surface area contributed by atoms with Crippen molar-refractivity contribution in [1.82, 2.24) is 9.80 Å². The molecule has 5 atom stereocenters. The van der Waals surface area contributed by atoms with Crippen molar-refractivity contribution in [3.05, 3.63) is 173 Å². The van der Waals surface area contributed by atoms with Gasteiger partial charge in [0.05, 0.1) is 17.1 Å². The van der Waals surface area contributed by atoms with Gasteiger partial charge in [-0.3, -0.25) is 0 Å². The monoisotopic (exact) mass is 707 g/mol. The summed E-state index contributed by atoms with van der Waals surface area (Å²) in [4.78, 5) is 19.4. The predicted octanol–water partition coefficient (Wildman–Crippen LogP) is 8.77. The molecule has 5 aromatic carbocycles. The number of hydrogen-bond donors (Lipinski definition) is 0. The molecule has 3 aliphatic rings. The number of rotatable bonds is 10. The summed E-state index contributed by atoms with van der Waals surface area (Å²) in [5.74, 6) is -0.782. The van der Waals surface area contributed by atoms with E-state index in [0.717, 1.165) is 22.3 Å². The Morgan fingerprint density at radius 3 is 2.17 bits per heavy atom. The smallest absolute Gasteiger partial charge is 0.321 e. The number of fused-ring (bicyclic) bond motifs is 2. The summed E-state index contributed by atoms with van der Waals surface area (Å²) < 4.78 is 34.6. The van der Waals surface area contributed by atoms with Crippen LogP contribution in [0.5, 0.6) is 5.75 Å². The highest BCUT2D eigenvalue weighted by atomic mass is 19.1. The van der Waals surface area contributed by atoms with Crippen molar-refractivity contribution in [3.63, 3.8) is 0 Å². The third kappa shape index (κ3) is 6.91. The quantitative estimate of drug-likeness (QED) is 0.145. The van der Waals surface area contributed by atoms with Crippen LogP contribution in [0.1, 0.15) is 59.6 Å². The minimum absolute atomic E-state index is 0.00324. The Labute approximate surface area is 310 Å². The first-order chi connectivity index (χ1) is 25.7. The Kier molecular flexibility index (Phi) is 9.23. The van der Waals surface area contributed by atoms with Gasteiger partial charge in [0.1, 0.15) is 36.5 Å². The summed E-state index contributed by atoms with van der Waals surface area (Å²) in [6, 6.07) is 44.3. The van der Waals surface area contributed by atoms with Crippen LogP contribution in [0.4, 0.5) is 9.18 Å². The standard InChI is InChI=1S/C45H42FN3O4/c1-44(2)52-41-40(25-31-13-6-3-7-14-31)48(28-34-21-22-39(46)36(23-34)27-47)43(50)49(45(42(41)53-44)26-38(45)35-18-10-5-11-19-35)29-33-17-12-20-37(24-33)51-30-32-15-8-4-9-16-32/h3-24,38,40-42H,25-26,28-30H2,1-2H3/t38-,40-,41+,42-,45+/m1/s1. The maximum absolute atomic E-state index is 15.6. The number of hydrogen-bond acceptors (Lipinski definition) is 5. The van der Waals surface area contributed by atoms with E-state index in [4.69, 9.17) is 14.2 Å². The second kappa shape index (κ2) is 14.1. The Hall–Kier alpha value is -5.49. The van der Waals surface area contributed by atoms with E-state index in [-0.39, 0.29) is 24.1 Å². The van der Waals surface area contributed by atoms with Crippen molar-refractivity contribution in [2.24, 2.45) is 0 Å². The molecule has 53 heavy (non-hydrogen) atoms. The number of ether oxygens (including phenoxy) is 3. The minimum Gasteiger partial charge on any atom is -0.489 e. The Morgan fingerprint density at radius 1 is 0.792 bits per heavy atom. The van der Waals surface area contributed by atoms with Gasteiger partial charge in [0, 0.05) is 19.0 Å². The fourth-order valence-corrected chi connectivity index (χ4v) is 8.33. The molecule has 1 aliphatic carbocycles. The van der Waals surface area contributed by atoms with E-state index in [1.807, 2.05) is 121 Å². The molecule has 1 spiro atoms. The molecule has 1 saturated carbocycles. The van der Waals surface area contributed by atoms with Crippen LogP contribution in [0.3, 0.4) is 0 Å². The van der Waals surface area contributed by atoms with Crippen molar-refractivity contribution in [2.45, 2.75) is 81.9 Å². The van der Waals surface area contributed by atoms with Crippen LogP contribution in [0, 0.1) is 17.1 Å². The molecule has 5 aromatic rings. The van der Waals surface area contributed by atoms with Crippen LogP contribution in [-0.4, -0.2) is 45.4 Å². The van der Waals surface area contributed by atoms with Crippen LogP contribution < -0.4 is 4.74 Å². The van der Waals surface area contributed by atoms with E-state index in [1.54, 1.807) is 6.07 Å². The van der Waals surface area contributed by atoms with E-state index in [9.17, 15) is 9.65 Å². The summed E-state index contributed by atoms with van der Waals surface area (Å²) >= 11 is 0. The lowest BCUT2D eigenvalue weighted by Crippen LogP contribution is -2.52. The van der Waals surface area contributed by atoms with E-state index >= 15 is 4.79 Å². The highest BCUT2D eigenvalue weighted by molar-refractivity contribution is 5.78. The van der Waals surface area contributed by atoms with Crippen LogP contribution in [0.2, 0.25) is 0 Å². The van der Waals surface area contributed by atoms with E-state index < -0.39 is 35.4 Å². The number of nitrogens with zero attached hydrogens (tertiary/aromatic N) is 3. The molecule has 0 aromatic heterocycles. The number of benzene rings is 5. The van der Waals surface area contributed by atoms with Crippen LogP contribution in [0.25, 0.3) is 0 Å². The zero-order chi connectivity index (χ0) is 36.6. The zero-order valence-electron chi connectivity index (χ0n) is 29.9. The Balaban J connectivity index is 1.24. The summed E-state index contributed by atoms with van der Waals surface area (Å²) in [5, 5.41) is 9.69. The van der Waals surface area contributed by atoms with Crippen molar-refractivity contribution in [1.29, 1.82) is 5.26 Å². The van der Waals surface area contributed by atoms with E-state index in [2.05, 4.69) is 24.3 Å². The maximum atomic E-state index is 15.6. The lowest BCUT2D eigenvalue weighted by molar-refractivity contribution is -0.159. The molecule has 8 rings (SSSR count). The highest BCUT2D eigenvalue weighted by Crippen LogP contribution is 2.63. The summed E-state index contributed by atoms with van der Waals surface area (Å²) in [7, 11) is 0. The molecular weight excluding hydrogens is 666 g/mol. The van der Waals surface area contributed by atoms with Gasteiger partial charge in [0.2, 0.25) is 0 Å². The third-order valence-electron chi connectivity index (χ3n) is 10.8. The minimum atomic E-state index is -0.909. The summed E-state index contributed by atoms with van der Waals surface area (Å²) in [6.45, 7) is 4.77. The first-order valence-electron chi connectivity index (χ1n) is 18.2. The third-order valence-corrected chi connectivity index (χ3v) is 10.8. The number of amides is 2. The number of carbonyl (C=O) groups excluding carboxylic acids is 1. The lowest BCUT2D eigenvalue weighted by Gasteiger charge is -2.38. The van der Waals surface area contributed by atoms with Gasteiger partial charge in [-0.15, -0.1) is 0 Å². The SMILES string of the molecule is CC1(C)O[C@H]2[C@@H](Cc3ccccc3)N(Cc3ccc(F)c(C#N)c3)C(=O)N(Cc3cccc(OCc4ccccc4)c3)[C@]3(C[C@@H]3c3ccccc3)[C@@H]2O1. The van der Waals surface area contributed by atoms with Gasteiger partial charge in [-0.2, -0.15) is 5.26 Å². The van der Waals surface area contributed by atoms with Gasteiger partial charge in [0.15, 0.2) is 5.79 Å². The van der Waals surface area contributed by atoms with Gasteiger partial charge in [-0.25, -0.2) is 9.18 Å². The Morgan fingerprint density at radius 2 is 1.45 bits per heavy atom. The normalized spacial score (nSPS) is 24.4. The molecule has 3 fully saturated rings. The highest BCUT2D eigenvalue weighted by Gasteiger charge is 2.72. The molecule has 7 nitrogen and oxygen atoms in total. The van der Waals surface area contributed by atoms with Crippen LogP contribution in [0.15, 0.2) is 133 Å². The fourth-order valence-electron chi connectivity index (χ4n) is 8.33. The van der Waals surface area contributed by atoms with Gasteiger partial charge in [-0.05, 0) is 78.8 Å². The maximum Gasteiger partial charge on any atom is 0.321 e. The van der Waals surface area contributed by atoms with Gasteiger partial charge >= 0.3 is 6.03 Å². The summed E-state index contributed by atoms with van der Waals surface area (Å²) in [5.41, 5.74) is 4.06. The van der Waals surface area contributed by atoms with Crippen LogP contribution >= 0.6 is 0 Å². The topological polar surface area (TPSA) is 75.0 Å². The molecule has 0 N–H and O–H groups in total. The average molecular weight is 708 g/mol. The molecule has 0 unspecified atom stereocenters. The Bertz CT molecular complexity index is 2120.